The lowest BCUT2D eigenvalue weighted by molar-refractivity contribution is -0.139. The van der Waals surface area contributed by atoms with E-state index in [-0.39, 0.29) is 5.56 Å². The van der Waals surface area contributed by atoms with Crippen LogP contribution in [0, 0.1) is 0 Å². The molecular formula is C15H23F3N2O. The molecule has 0 aliphatic carbocycles. The Kier molecular flexibility index (Phi) is 6.16. The molecule has 0 spiro atoms. The largest absolute Gasteiger partial charge is 0.416 e. The van der Waals surface area contributed by atoms with E-state index in [1.165, 1.54) is 19.5 Å². The van der Waals surface area contributed by atoms with E-state index in [0.717, 1.165) is 12.5 Å². The minimum Gasteiger partial charge on any atom is -0.377 e. The summed E-state index contributed by atoms with van der Waals surface area (Å²) in [6.45, 7) is 6.28. The fourth-order valence-corrected chi connectivity index (χ4v) is 2.30. The Morgan fingerprint density at radius 1 is 1.33 bits per heavy atom. The predicted octanol–water partition coefficient (Wildman–Crippen LogP) is 3.96. The van der Waals surface area contributed by atoms with Gasteiger partial charge >= 0.3 is 6.18 Å². The van der Waals surface area contributed by atoms with Crippen LogP contribution in [0.2, 0.25) is 0 Å². The summed E-state index contributed by atoms with van der Waals surface area (Å²) in [6.07, 6.45) is -0.562. The molecule has 1 rings (SSSR count). The van der Waals surface area contributed by atoms with Gasteiger partial charge in [0.25, 0.3) is 0 Å². The standard InChI is InChI=1S/C15H23F3N2O/c1-5-8-20-13(14(3,6-2)21-4)11-10-19-9-7-12(11)15(16,17)18/h7,9-10,13,20H,5-6,8H2,1-4H3. The molecular weight excluding hydrogens is 281 g/mol. The van der Waals surface area contributed by atoms with Crippen LogP contribution >= 0.6 is 0 Å². The molecule has 21 heavy (non-hydrogen) atoms. The Morgan fingerprint density at radius 2 is 2.00 bits per heavy atom. The molecule has 1 N–H and O–H groups in total. The number of pyridine rings is 1. The number of alkyl halides is 3. The van der Waals surface area contributed by atoms with Crippen LogP contribution in [0.1, 0.15) is 50.8 Å². The van der Waals surface area contributed by atoms with Gasteiger partial charge in [-0.05, 0) is 32.4 Å². The molecule has 0 bridgehead atoms. The van der Waals surface area contributed by atoms with Crippen molar-refractivity contribution in [1.29, 1.82) is 0 Å². The van der Waals surface area contributed by atoms with E-state index in [2.05, 4.69) is 10.3 Å². The van der Waals surface area contributed by atoms with E-state index in [9.17, 15) is 13.2 Å². The Hall–Kier alpha value is -1.14. The maximum atomic E-state index is 13.2. The fraction of sp³-hybridized carbons (Fsp3) is 0.667. The molecule has 2 atom stereocenters. The Morgan fingerprint density at radius 3 is 2.48 bits per heavy atom. The molecule has 0 aromatic carbocycles. The first-order valence-electron chi connectivity index (χ1n) is 7.09. The number of hydrogen-bond acceptors (Lipinski definition) is 3. The van der Waals surface area contributed by atoms with Gasteiger partial charge in [-0.1, -0.05) is 13.8 Å². The summed E-state index contributed by atoms with van der Waals surface area (Å²) in [5.74, 6) is 0. The predicted molar refractivity (Wildman–Crippen MR) is 76.0 cm³/mol. The lowest BCUT2D eigenvalue weighted by atomic mass is 9.86. The summed E-state index contributed by atoms with van der Waals surface area (Å²) < 4.78 is 45.2. The molecule has 0 saturated carbocycles. The number of methoxy groups -OCH3 is 1. The van der Waals surface area contributed by atoms with Crippen molar-refractivity contribution in [3.8, 4) is 0 Å². The Labute approximate surface area is 123 Å². The molecule has 1 heterocycles. The van der Waals surface area contributed by atoms with Gasteiger partial charge < -0.3 is 10.1 Å². The first kappa shape index (κ1) is 17.9. The first-order valence-corrected chi connectivity index (χ1v) is 7.09. The van der Waals surface area contributed by atoms with Gasteiger partial charge in [-0.15, -0.1) is 0 Å². The Bertz CT molecular complexity index is 445. The van der Waals surface area contributed by atoms with Crippen molar-refractivity contribution in [3.63, 3.8) is 0 Å². The summed E-state index contributed by atoms with van der Waals surface area (Å²) in [6, 6.07) is 0.444. The van der Waals surface area contributed by atoms with Gasteiger partial charge in [-0.25, -0.2) is 0 Å². The number of aromatic nitrogens is 1. The second-order valence-electron chi connectivity index (χ2n) is 5.22. The third kappa shape index (κ3) is 4.17. The van der Waals surface area contributed by atoms with Crippen molar-refractivity contribution in [2.75, 3.05) is 13.7 Å². The molecule has 0 fully saturated rings. The topological polar surface area (TPSA) is 34.2 Å². The summed E-state index contributed by atoms with van der Waals surface area (Å²) in [5, 5.41) is 3.18. The molecule has 0 radical (unpaired) electrons. The van der Waals surface area contributed by atoms with Crippen LogP contribution in [0.3, 0.4) is 0 Å². The van der Waals surface area contributed by atoms with Crippen LogP contribution in [0.15, 0.2) is 18.5 Å². The van der Waals surface area contributed by atoms with E-state index < -0.39 is 23.4 Å². The van der Waals surface area contributed by atoms with Gasteiger partial charge in [-0.2, -0.15) is 13.2 Å². The lowest BCUT2D eigenvalue weighted by Gasteiger charge is -2.37. The maximum Gasteiger partial charge on any atom is 0.416 e. The highest BCUT2D eigenvalue weighted by molar-refractivity contribution is 5.31. The molecule has 0 amide bonds. The van der Waals surface area contributed by atoms with Crippen LogP contribution in [0.25, 0.3) is 0 Å². The van der Waals surface area contributed by atoms with Crippen LogP contribution in [0.5, 0.6) is 0 Å². The van der Waals surface area contributed by atoms with Crippen LogP contribution < -0.4 is 5.32 Å². The van der Waals surface area contributed by atoms with Crippen molar-refractivity contribution < 1.29 is 17.9 Å². The molecule has 3 nitrogen and oxygen atoms in total. The number of rotatable bonds is 7. The van der Waals surface area contributed by atoms with E-state index in [0.29, 0.717) is 13.0 Å². The molecule has 1 aromatic heterocycles. The second-order valence-corrected chi connectivity index (χ2v) is 5.22. The maximum absolute atomic E-state index is 13.2. The van der Waals surface area contributed by atoms with Gasteiger partial charge in [0.15, 0.2) is 0 Å². The third-order valence-corrected chi connectivity index (χ3v) is 3.85. The monoisotopic (exact) mass is 304 g/mol. The van der Waals surface area contributed by atoms with E-state index in [4.69, 9.17) is 4.74 Å². The van der Waals surface area contributed by atoms with Crippen LogP contribution in [-0.2, 0) is 10.9 Å². The fourth-order valence-electron chi connectivity index (χ4n) is 2.30. The van der Waals surface area contributed by atoms with Crippen molar-refractivity contribution in [2.45, 2.75) is 51.4 Å². The van der Waals surface area contributed by atoms with Gasteiger partial charge in [0.2, 0.25) is 0 Å². The average Bonchev–Trinajstić information content (AvgIpc) is 2.46. The number of nitrogens with zero attached hydrogens (tertiary/aromatic N) is 1. The highest BCUT2D eigenvalue weighted by Gasteiger charge is 2.41. The van der Waals surface area contributed by atoms with E-state index in [1.807, 2.05) is 20.8 Å². The first-order chi connectivity index (χ1) is 9.80. The van der Waals surface area contributed by atoms with Gasteiger partial charge in [0.1, 0.15) is 0 Å². The zero-order valence-corrected chi connectivity index (χ0v) is 12.9. The molecule has 0 aliphatic heterocycles. The normalized spacial score (nSPS) is 16.5. The number of halogens is 3. The highest BCUT2D eigenvalue weighted by Crippen LogP contribution is 2.39. The van der Waals surface area contributed by atoms with Crippen LogP contribution in [0.4, 0.5) is 13.2 Å². The average molecular weight is 304 g/mol. The molecule has 120 valence electrons. The summed E-state index contributed by atoms with van der Waals surface area (Å²) in [4.78, 5) is 3.87. The number of nitrogens with one attached hydrogen (secondary N) is 1. The van der Waals surface area contributed by atoms with Gasteiger partial charge in [-0.3, -0.25) is 4.98 Å². The van der Waals surface area contributed by atoms with Gasteiger partial charge in [0, 0.05) is 25.1 Å². The van der Waals surface area contributed by atoms with Crippen molar-refractivity contribution in [3.05, 3.63) is 29.6 Å². The molecule has 6 heteroatoms. The SMILES string of the molecule is CCCNC(c1cnccc1C(F)(F)F)C(C)(CC)OC. The third-order valence-electron chi connectivity index (χ3n) is 3.85. The van der Waals surface area contributed by atoms with Crippen molar-refractivity contribution >= 4 is 0 Å². The quantitative estimate of drug-likeness (QED) is 0.828. The number of hydrogen-bond donors (Lipinski definition) is 1. The summed E-state index contributed by atoms with van der Waals surface area (Å²) in [7, 11) is 1.52. The molecule has 0 saturated heterocycles. The summed E-state index contributed by atoms with van der Waals surface area (Å²) >= 11 is 0. The van der Waals surface area contributed by atoms with Crippen molar-refractivity contribution in [2.24, 2.45) is 0 Å². The minimum absolute atomic E-state index is 0.129. The minimum atomic E-state index is -4.41. The Balaban J connectivity index is 3.33. The lowest BCUT2D eigenvalue weighted by Crippen LogP contribution is -2.44. The smallest absolute Gasteiger partial charge is 0.377 e. The molecule has 0 aliphatic rings. The second kappa shape index (κ2) is 7.22. The van der Waals surface area contributed by atoms with Crippen molar-refractivity contribution in [1.82, 2.24) is 10.3 Å². The van der Waals surface area contributed by atoms with Crippen LogP contribution in [-0.4, -0.2) is 24.2 Å². The summed E-state index contributed by atoms with van der Waals surface area (Å²) in [5.41, 5.74) is -1.27. The zero-order valence-electron chi connectivity index (χ0n) is 12.9. The molecule has 1 aromatic rings. The highest BCUT2D eigenvalue weighted by atomic mass is 19.4. The zero-order chi connectivity index (χ0) is 16.1. The van der Waals surface area contributed by atoms with E-state index in [1.54, 1.807) is 0 Å². The molecule has 2 unspecified atom stereocenters. The van der Waals surface area contributed by atoms with Gasteiger partial charge in [0.05, 0.1) is 17.2 Å². The van der Waals surface area contributed by atoms with E-state index >= 15 is 0 Å². The number of ether oxygens (including phenoxy) is 1.